The lowest BCUT2D eigenvalue weighted by atomic mass is 10.0. The molecule has 2 aromatic carbocycles. The number of rotatable bonds is 4. The average Bonchev–Trinajstić information content (AvgIpc) is 2.43. The molecule has 0 spiro atoms. The zero-order chi connectivity index (χ0) is 14.7. The first kappa shape index (κ1) is 14.6. The van der Waals surface area contributed by atoms with E-state index in [0.29, 0.717) is 0 Å². The van der Waals surface area contributed by atoms with Crippen LogP contribution < -0.4 is 4.74 Å². The number of aliphatic hydroxyl groups excluding tert-OH is 1. The molecule has 1 atom stereocenters. The molecular formula is C18H22O2. The number of hydrogen-bond acceptors (Lipinski definition) is 2. The fourth-order valence-electron chi connectivity index (χ4n) is 2.26. The van der Waals surface area contributed by atoms with E-state index < -0.39 is 6.10 Å². The van der Waals surface area contributed by atoms with Crippen LogP contribution in [0.25, 0.3) is 0 Å². The summed E-state index contributed by atoms with van der Waals surface area (Å²) in [6.07, 6.45) is -0.602. The first-order chi connectivity index (χ1) is 9.49. The molecule has 2 nitrogen and oxygen atoms in total. The van der Waals surface area contributed by atoms with Crippen molar-refractivity contribution in [1.82, 2.24) is 0 Å². The van der Waals surface area contributed by atoms with Crippen molar-refractivity contribution in [2.75, 3.05) is 6.61 Å². The Kier molecular flexibility index (Phi) is 4.46. The van der Waals surface area contributed by atoms with Gasteiger partial charge in [0, 0.05) is 0 Å². The summed E-state index contributed by atoms with van der Waals surface area (Å²) in [5.74, 6) is 0.842. The van der Waals surface area contributed by atoms with E-state index in [-0.39, 0.29) is 6.61 Å². The Balaban J connectivity index is 2.10. The van der Waals surface area contributed by atoms with Crippen molar-refractivity contribution in [3.63, 3.8) is 0 Å². The lowest BCUT2D eigenvalue weighted by molar-refractivity contribution is 0.107. The predicted octanol–water partition coefficient (Wildman–Crippen LogP) is 4.03. The third-order valence-corrected chi connectivity index (χ3v) is 3.75. The van der Waals surface area contributed by atoms with E-state index in [1.165, 1.54) is 5.56 Å². The Morgan fingerprint density at radius 1 is 1.00 bits per heavy atom. The van der Waals surface area contributed by atoms with Gasteiger partial charge in [0.05, 0.1) is 0 Å². The SMILES string of the molecule is Cc1ccc(C)c(C(O)COc2cccc(C)c2C)c1. The molecule has 0 radical (unpaired) electrons. The molecule has 0 saturated heterocycles. The molecule has 0 saturated carbocycles. The molecule has 0 bridgehead atoms. The zero-order valence-electron chi connectivity index (χ0n) is 12.6. The van der Waals surface area contributed by atoms with Crippen molar-refractivity contribution in [2.24, 2.45) is 0 Å². The van der Waals surface area contributed by atoms with Crippen molar-refractivity contribution in [3.05, 3.63) is 64.2 Å². The quantitative estimate of drug-likeness (QED) is 0.908. The maximum absolute atomic E-state index is 10.3. The monoisotopic (exact) mass is 270 g/mol. The Hall–Kier alpha value is -1.80. The van der Waals surface area contributed by atoms with Gasteiger partial charge in [0.25, 0.3) is 0 Å². The van der Waals surface area contributed by atoms with E-state index in [9.17, 15) is 5.11 Å². The minimum absolute atomic E-state index is 0.272. The molecule has 1 unspecified atom stereocenters. The van der Waals surface area contributed by atoms with Gasteiger partial charge in [-0.2, -0.15) is 0 Å². The Morgan fingerprint density at radius 2 is 1.75 bits per heavy atom. The van der Waals surface area contributed by atoms with Crippen molar-refractivity contribution in [2.45, 2.75) is 33.8 Å². The number of ether oxygens (including phenoxy) is 1. The molecule has 0 aliphatic carbocycles. The van der Waals surface area contributed by atoms with Gasteiger partial charge < -0.3 is 9.84 Å². The Bertz CT molecular complexity index is 602. The molecule has 0 fully saturated rings. The van der Waals surface area contributed by atoms with Gasteiger partial charge in [-0.15, -0.1) is 0 Å². The first-order valence-corrected chi connectivity index (χ1v) is 6.93. The lowest BCUT2D eigenvalue weighted by Crippen LogP contribution is -2.12. The third kappa shape index (κ3) is 3.20. The van der Waals surface area contributed by atoms with Gasteiger partial charge in [0.15, 0.2) is 0 Å². The highest BCUT2D eigenvalue weighted by atomic mass is 16.5. The summed E-state index contributed by atoms with van der Waals surface area (Å²) in [7, 11) is 0. The third-order valence-electron chi connectivity index (χ3n) is 3.75. The van der Waals surface area contributed by atoms with Crippen molar-refractivity contribution in [1.29, 1.82) is 0 Å². The number of aryl methyl sites for hydroxylation is 3. The van der Waals surface area contributed by atoms with Crippen LogP contribution in [0.2, 0.25) is 0 Å². The van der Waals surface area contributed by atoms with Crippen LogP contribution in [-0.4, -0.2) is 11.7 Å². The molecule has 2 rings (SSSR count). The Labute approximate surface area is 121 Å². The highest BCUT2D eigenvalue weighted by Crippen LogP contribution is 2.24. The van der Waals surface area contributed by atoms with Crippen LogP contribution in [0.1, 0.15) is 33.9 Å². The smallest absolute Gasteiger partial charge is 0.122 e. The summed E-state index contributed by atoms with van der Waals surface area (Å²) in [5, 5.41) is 10.3. The molecule has 0 aliphatic rings. The van der Waals surface area contributed by atoms with E-state index in [1.54, 1.807) is 0 Å². The lowest BCUT2D eigenvalue weighted by Gasteiger charge is -2.17. The van der Waals surface area contributed by atoms with Gasteiger partial charge >= 0.3 is 0 Å². The molecule has 2 heteroatoms. The molecule has 0 amide bonds. The topological polar surface area (TPSA) is 29.5 Å². The van der Waals surface area contributed by atoms with Crippen LogP contribution in [0, 0.1) is 27.7 Å². The number of benzene rings is 2. The van der Waals surface area contributed by atoms with E-state index in [0.717, 1.165) is 28.0 Å². The van der Waals surface area contributed by atoms with Crippen molar-refractivity contribution >= 4 is 0 Å². The van der Waals surface area contributed by atoms with Gasteiger partial charge in [0.1, 0.15) is 18.5 Å². The van der Waals surface area contributed by atoms with Crippen molar-refractivity contribution in [3.8, 4) is 5.75 Å². The van der Waals surface area contributed by atoms with Crippen LogP contribution in [0.4, 0.5) is 0 Å². The van der Waals surface area contributed by atoms with E-state index >= 15 is 0 Å². The summed E-state index contributed by atoms with van der Waals surface area (Å²) < 4.78 is 5.78. The van der Waals surface area contributed by atoms with E-state index in [4.69, 9.17) is 4.74 Å². The summed E-state index contributed by atoms with van der Waals surface area (Å²) in [6.45, 7) is 8.41. The fraction of sp³-hybridized carbons (Fsp3) is 0.333. The van der Waals surface area contributed by atoms with Crippen LogP contribution in [0.5, 0.6) is 5.75 Å². The molecule has 0 heterocycles. The van der Waals surface area contributed by atoms with Crippen LogP contribution in [-0.2, 0) is 0 Å². The summed E-state index contributed by atoms with van der Waals surface area (Å²) in [4.78, 5) is 0. The molecular weight excluding hydrogens is 248 g/mol. The molecule has 20 heavy (non-hydrogen) atoms. The molecule has 0 aromatic heterocycles. The molecule has 2 aromatic rings. The minimum atomic E-state index is -0.602. The second-order valence-corrected chi connectivity index (χ2v) is 5.38. The number of hydrogen-bond donors (Lipinski definition) is 1. The molecule has 106 valence electrons. The zero-order valence-corrected chi connectivity index (χ0v) is 12.6. The molecule has 1 N–H and O–H groups in total. The second kappa shape index (κ2) is 6.10. The van der Waals surface area contributed by atoms with Gasteiger partial charge in [0.2, 0.25) is 0 Å². The maximum atomic E-state index is 10.3. The highest BCUT2D eigenvalue weighted by molar-refractivity contribution is 5.38. The average molecular weight is 270 g/mol. The van der Waals surface area contributed by atoms with Gasteiger partial charge in [-0.25, -0.2) is 0 Å². The predicted molar refractivity (Wildman–Crippen MR) is 82.3 cm³/mol. The van der Waals surface area contributed by atoms with Crippen LogP contribution >= 0.6 is 0 Å². The summed E-state index contributed by atoms with van der Waals surface area (Å²) >= 11 is 0. The summed E-state index contributed by atoms with van der Waals surface area (Å²) in [5.41, 5.74) is 5.50. The highest BCUT2D eigenvalue weighted by Gasteiger charge is 2.12. The summed E-state index contributed by atoms with van der Waals surface area (Å²) in [6, 6.07) is 12.1. The molecule has 0 aliphatic heterocycles. The Morgan fingerprint density at radius 3 is 2.50 bits per heavy atom. The fourth-order valence-corrected chi connectivity index (χ4v) is 2.26. The van der Waals surface area contributed by atoms with Crippen molar-refractivity contribution < 1.29 is 9.84 Å². The minimum Gasteiger partial charge on any atom is -0.490 e. The number of aliphatic hydroxyl groups is 1. The van der Waals surface area contributed by atoms with Crippen LogP contribution in [0.15, 0.2) is 36.4 Å². The standard InChI is InChI=1S/C18H22O2/c1-12-8-9-14(3)16(10-12)17(19)11-20-18-7-5-6-13(2)15(18)4/h5-10,17,19H,11H2,1-4H3. The van der Waals surface area contributed by atoms with Gasteiger partial charge in [-0.05, 0) is 56.0 Å². The normalized spacial score (nSPS) is 12.2. The maximum Gasteiger partial charge on any atom is 0.122 e. The largest absolute Gasteiger partial charge is 0.490 e. The van der Waals surface area contributed by atoms with Gasteiger partial charge in [-0.3, -0.25) is 0 Å². The van der Waals surface area contributed by atoms with Gasteiger partial charge in [-0.1, -0.05) is 35.9 Å². The van der Waals surface area contributed by atoms with E-state index in [1.807, 2.05) is 45.0 Å². The van der Waals surface area contributed by atoms with Crippen LogP contribution in [0.3, 0.4) is 0 Å². The van der Waals surface area contributed by atoms with E-state index in [2.05, 4.69) is 19.1 Å². The second-order valence-electron chi connectivity index (χ2n) is 5.38. The first-order valence-electron chi connectivity index (χ1n) is 6.93.